The van der Waals surface area contributed by atoms with E-state index in [1.54, 1.807) is 11.3 Å². The van der Waals surface area contributed by atoms with Crippen LogP contribution in [0.15, 0.2) is 17.5 Å². The molecule has 0 radical (unpaired) electrons. The third-order valence-electron chi connectivity index (χ3n) is 3.87. The maximum atomic E-state index is 12.2. The zero-order chi connectivity index (χ0) is 13.5. The van der Waals surface area contributed by atoms with E-state index in [0.29, 0.717) is 5.92 Å². The summed E-state index contributed by atoms with van der Waals surface area (Å²) in [6.45, 7) is 2.70. The molecule has 1 unspecified atom stereocenters. The van der Waals surface area contributed by atoms with Crippen molar-refractivity contribution in [3.8, 4) is 0 Å². The van der Waals surface area contributed by atoms with Gasteiger partial charge in [-0.15, -0.1) is 11.3 Å². The number of rotatable bonds is 7. The van der Waals surface area contributed by atoms with Gasteiger partial charge in [0.25, 0.3) is 5.91 Å². The monoisotopic (exact) mass is 280 g/mol. The molecule has 0 aromatic carbocycles. The van der Waals surface area contributed by atoms with Gasteiger partial charge in [0.15, 0.2) is 0 Å². The van der Waals surface area contributed by atoms with E-state index in [-0.39, 0.29) is 5.91 Å². The van der Waals surface area contributed by atoms with Crippen molar-refractivity contribution in [3.05, 3.63) is 22.4 Å². The van der Waals surface area contributed by atoms with Gasteiger partial charge in [-0.3, -0.25) is 4.79 Å². The van der Waals surface area contributed by atoms with Gasteiger partial charge in [-0.1, -0.05) is 25.3 Å². The van der Waals surface area contributed by atoms with Crippen molar-refractivity contribution in [1.82, 2.24) is 4.90 Å². The molecule has 1 aliphatic rings. The Kier molecular flexibility index (Phi) is 5.86. The van der Waals surface area contributed by atoms with Crippen LogP contribution in [0.4, 0.5) is 0 Å². The lowest BCUT2D eigenvalue weighted by Crippen LogP contribution is -2.27. The van der Waals surface area contributed by atoms with Gasteiger partial charge in [0, 0.05) is 13.1 Å². The van der Waals surface area contributed by atoms with Gasteiger partial charge >= 0.3 is 0 Å². The first-order valence-electron chi connectivity index (χ1n) is 7.34. The van der Waals surface area contributed by atoms with Crippen molar-refractivity contribution in [2.24, 2.45) is 11.7 Å². The molecule has 4 heteroatoms. The average molecular weight is 280 g/mol. The normalized spacial score (nSPS) is 19.0. The molecule has 2 heterocycles. The van der Waals surface area contributed by atoms with Crippen LogP contribution in [0.1, 0.15) is 48.2 Å². The van der Waals surface area contributed by atoms with E-state index in [1.165, 1.54) is 32.1 Å². The number of carbonyl (C=O) groups excluding carboxylic acids is 1. The number of nitrogens with zero attached hydrogens (tertiary/aromatic N) is 1. The Labute approximate surface area is 119 Å². The molecule has 1 aliphatic heterocycles. The molecule has 1 saturated heterocycles. The highest BCUT2D eigenvalue weighted by atomic mass is 32.1. The quantitative estimate of drug-likeness (QED) is 0.780. The van der Waals surface area contributed by atoms with Gasteiger partial charge in [-0.05, 0) is 43.2 Å². The zero-order valence-electron chi connectivity index (χ0n) is 11.5. The van der Waals surface area contributed by atoms with Gasteiger partial charge in [-0.25, -0.2) is 0 Å². The zero-order valence-corrected chi connectivity index (χ0v) is 12.3. The minimum atomic E-state index is 0.223. The Hall–Kier alpha value is -0.870. The second kappa shape index (κ2) is 7.65. The standard InChI is InChI=1S/C15H24N2OS/c16-9-4-2-1-3-6-13-8-10-17(12-13)15(18)14-7-5-11-19-14/h5,7,11,13H,1-4,6,8-10,12,16H2. The van der Waals surface area contributed by atoms with E-state index in [2.05, 4.69) is 0 Å². The van der Waals surface area contributed by atoms with Gasteiger partial charge in [-0.2, -0.15) is 0 Å². The fourth-order valence-corrected chi connectivity index (χ4v) is 3.43. The van der Waals surface area contributed by atoms with Crippen LogP contribution in [0, 0.1) is 5.92 Å². The van der Waals surface area contributed by atoms with Crippen LogP contribution >= 0.6 is 11.3 Å². The van der Waals surface area contributed by atoms with E-state index < -0.39 is 0 Å². The molecule has 2 N–H and O–H groups in total. The second-order valence-corrected chi connectivity index (χ2v) is 6.32. The first-order valence-corrected chi connectivity index (χ1v) is 8.22. The third kappa shape index (κ3) is 4.32. The molecule has 0 aliphatic carbocycles. The lowest BCUT2D eigenvalue weighted by molar-refractivity contribution is 0.0791. The van der Waals surface area contributed by atoms with E-state index in [4.69, 9.17) is 5.73 Å². The van der Waals surface area contributed by atoms with Crippen LogP contribution in [0.25, 0.3) is 0 Å². The number of carbonyl (C=O) groups is 1. The summed E-state index contributed by atoms with van der Waals surface area (Å²) in [5.74, 6) is 0.933. The Morgan fingerprint density at radius 1 is 1.37 bits per heavy atom. The van der Waals surface area contributed by atoms with Gasteiger partial charge in [0.1, 0.15) is 0 Å². The summed E-state index contributed by atoms with van der Waals surface area (Å²) in [6, 6.07) is 3.87. The van der Waals surface area contributed by atoms with E-state index >= 15 is 0 Å². The highest BCUT2D eigenvalue weighted by molar-refractivity contribution is 7.12. The predicted octanol–water partition coefficient (Wildman–Crippen LogP) is 3.12. The molecule has 1 fully saturated rings. The average Bonchev–Trinajstić information content (AvgIpc) is 3.09. The Balaban J connectivity index is 1.67. The van der Waals surface area contributed by atoms with Crippen molar-refractivity contribution >= 4 is 17.2 Å². The summed E-state index contributed by atoms with van der Waals surface area (Å²) < 4.78 is 0. The van der Waals surface area contributed by atoms with Crippen LogP contribution in [0.3, 0.4) is 0 Å². The Morgan fingerprint density at radius 3 is 2.95 bits per heavy atom. The molecular formula is C15H24N2OS. The van der Waals surface area contributed by atoms with Crippen molar-refractivity contribution in [3.63, 3.8) is 0 Å². The molecule has 1 amide bonds. The summed E-state index contributed by atoms with van der Waals surface area (Å²) in [5.41, 5.74) is 5.49. The number of hydrogen-bond donors (Lipinski definition) is 1. The van der Waals surface area contributed by atoms with Gasteiger partial charge < -0.3 is 10.6 Å². The van der Waals surface area contributed by atoms with Crippen LogP contribution in [0.2, 0.25) is 0 Å². The molecule has 0 spiro atoms. The SMILES string of the molecule is NCCCCCCC1CCN(C(=O)c2cccs2)C1. The molecule has 106 valence electrons. The summed E-state index contributed by atoms with van der Waals surface area (Å²) in [5, 5.41) is 1.97. The number of unbranched alkanes of at least 4 members (excludes halogenated alkanes) is 3. The second-order valence-electron chi connectivity index (χ2n) is 5.37. The summed E-state index contributed by atoms with van der Waals surface area (Å²) in [7, 11) is 0. The Bertz CT molecular complexity index is 378. The third-order valence-corrected chi connectivity index (χ3v) is 4.73. The number of hydrogen-bond acceptors (Lipinski definition) is 3. The van der Waals surface area contributed by atoms with Crippen molar-refractivity contribution < 1.29 is 4.79 Å². The summed E-state index contributed by atoms with van der Waals surface area (Å²) >= 11 is 1.54. The molecule has 0 bridgehead atoms. The molecule has 2 rings (SSSR count). The highest BCUT2D eigenvalue weighted by Crippen LogP contribution is 2.24. The highest BCUT2D eigenvalue weighted by Gasteiger charge is 2.26. The largest absolute Gasteiger partial charge is 0.338 e. The maximum Gasteiger partial charge on any atom is 0.263 e. The molecule has 0 saturated carbocycles. The molecule has 1 aromatic heterocycles. The fourth-order valence-electron chi connectivity index (χ4n) is 2.74. The van der Waals surface area contributed by atoms with Crippen molar-refractivity contribution in [2.45, 2.75) is 38.5 Å². The van der Waals surface area contributed by atoms with Crippen molar-refractivity contribution in [2.75, 3.05) is 19.6 Å². The fraction of sp³-hybridized carbons (Fsp3) is 0.667. The smallest absolute Gasteiger partial charge is 0.263 e. The van der Waals surface area contributed by atoms with E-state index in [1.807, 2.05) is 22.4 Å². The van der Waals surface area contributed by atoms with Crippen LogP contribution in [-0.2, 0) is 0 Å². The minimum Gasteiger partial charge on any atom is -0.338 e. The first kappa shape index (κ1) is 14.5. The molecule has 19 heavy (non-hydrogen) atoms. The summed E-state index contributed by atoms with van der Waals surface area (Å²) in [4.78, 5) is 15.1. The van der Waals surface area contributed by atoms with Crippen molar-refractivity contribution in [1.29, 1.82) is 0 Å². The van der Waals surface area contributed by atoms with E-state index in [0.717, 1.165) is 30.9 Å². The molecule has 1 aromatic rings. The lowest BCUT2D eigenvalue weighted by Gasteiger charge is -2.15. The van der Waals surface area contributed by atoms with Crippen LogP contribution < -0.4 is 5.73 Å². The van der Waals surface area contributed by atoms with E-state index in [9.17, 15) is 4.79 Å². The summed E-state index contributed by atoms with van der Waals surface area (Å²) in [6.07, 6.45) is 7.40. The molecule has 1 atom stereocenters. The maximum absolute atomic E-state index is 12.2. The number of amides is 1. The topological polar surface area (TPSA) is 46.3 Å². The first-order chi connectivity index (χ1) is 9.31. The van der Waals surface area contributed by atoms with Crippen LogP contribution in [-0.4, -0.2) is 30.4 Å². The number of likely N-dealkylation sites (tertiary alicyclic amines) is 1. The Morgan fingerprint density at radius 2 is 2.21 bits per heavy atom. The lowest BCUT2D eigenvalue weighted by atomic mass is 10.0. The molecular weight excluding hydrogens is 256 g/mol. The van der Waals surface area contributed by atoms with Crippen LogP contribution in [0.5, 0.6) is 0 Å². The minimum absolute atomic E-state index is 0.223. The number of nitrogens with two attached hydrogens (primary N) is 1. The predicted molar refractivity (Wildman–Crippen MR) is 80.5 cm³/mol. The van der Waals surface area contributed by atoms with Gasteiger partial charge in [0.2, 0.25) is 0 Å². The van der Waals surface area contributed by atoms with Gasteiger partial charge in [0.05, 0.1) is 4.88 Å². The molecule has 3 nitrogen and oxygen atoms in total. The number of thiophene rings is 1.